The predicted octanol–water partition coefficient (Wildman–Crippen LogP) is 2.25. The molecule has 216 valence electrons. The maximum atomic E-state index is 12.4. The third kappa shape index (κ3) is 6.52. The molecule has 2 fully saturated rings. The van der Waals surface area contributed by atoms with Crippen molar-refractivity contribution in [3.63, 3.8) is 0 Å². The minimum absolute atomic E-state index is 0.0586. The van der Waals surface area contributed by atoms with Gasteiger partial charge in [0.1, 0.15) is 30.2 Å². The fraction of sp³-hybridized carbons (Fsp3) is 0.571. The smallest absolute Gasteiger partial charge is 0.319 e. The van der Waals surface area contributed by atoms with Crippen molar-refractivity contribution >= 4 is 28.7 Å². The van der Waals surface area contributed by atoms with Crippen LogP contribution in [0.15, 0.2) is 36.9 Å². The van der Waals surface area contributed by atoms with Crippen LogP contribution in [0.5, 0.6) is 0 Å². The Hall–Kier alpha value is -3.32. The molecule has 0 radical (unpaired) electrons. The number of nitrogens with zero attached hydrogens (tertiary/aromatic N) is 5. The fourth-order valence-corrected chi connectivity index (χ4v) is 5.08. The third-order valence-electron chi connectivity index (χ3n) is 7.60. The summed E-state index contributed by atoms with van der Waals surface area (Å²) in [6.07, 6.45) is 2.28. The van der Waals surface area contributed by atoms with Crippen molar-refractivity contribution in [1.82, 2.24) is 29.7 Å². The van der Waals surface area contributed by atoms with Crippen molar-refractivity contribution in [2.45, 2.75) is 70.0 Å². The highest BCUT2D eigenvalue weighted by Crippen LogP contribution is 2.34. The number of nitrogens with one attached hydrogen (secondary N) is 2. The summed E-state index contributed by atoms with van der Waals surface area (Å²) in [5.74, 6) is 0.869. The molecule has 4 atom stereocenters. The summed E-state index contributed by atoms with van der Waals surface area (Å²) < 4.78 is 7.74. The van der Waals surface area contributed by atoms with Crippen LogP contribution in [-0.4, -0.2) is 85.2 Å². The Morgan fingerprint density at radius 1 is 1.12 bits per heavy atom. The summed E-state index contributed by atoms with van der Waals surface area (Å²) in [4.78, 5) is 27.1. The van der Waals surface area contributed by atoms with Crippen LogP contribution < -0.4 is 16.4 Å². The average molecular weight is 553 g/mol. The Kier molecular flexibility index (Phi) is 8.22. The number of aliphatic hydroxyl groups is 2. The number of urea groups is 1. The van der Waals surface area contributed by atoms with Crippen molar-refractivity contribution in [3.8, 4) is 0 Å². The lowest BCUT2D eigenvalue weighted by Gasteiger charge is -2.26. The van der Waals surface area contributed by atoms with E-state index in [9.17, 15) is 15.0 Å². The van der Waals surface area contributed by atoms with E-state index in [2.05, 4.69) is 51.3 Å². The van der Waals surface area contributed by atoms with Crippen LogP contribution >= 0.6 is 0 Å². The van der Waals surface area contributed by atoms with Gasteiger partial charge in [-0.05, 0) is 54.8 Å². The highest BCUT2D eigenvalue weighted by molar-refractivity contribution is 5.89. The lowest BCUT2D eigenvalue weighted by molar-refractivity contribution is -0.0445. The van der Waals surface area contributed by atoms with E-state index in [4.69, 9.17) is 10.5 Å². The molecule has 2 aliphatic rings. The van der Waals surface area contributed by atoms with Crippen LogP contribution in [0, 0.1) is 5.92 Å². The van der Waals surface area contributed by atoms with E-state index in [0.717, 1.165) is 25.2 Å². The number of imidazole rings is 1. The Balaban J connectivity index is 1.12. The standard InChI is InChI=1S/C28H40N8O4/c1-28(2,3)18-7-9-19(10-8-18)34-27(39)30-11-4-12-35(13-17-5-6-17)14-20-22(37)23(38)26(40-20)36-16-33-21-24(29)31-15-32-25(21)36/h7-10,15-17,20,22-23,26,37-38H,4-6,11-14H2,1-3H3,(H2,29,31,32)(H2,30,34,39)/t20-,22-,23-,26-/m1/s1. The van der Waals surface area contributed by atoms with Crippen molar-refractivity contribution in [2.24, 2.45) is 5.92 Å². The van der Waals surface area contributed by atoms with Crippen molar-refractivity contribution in [2.75, 3.05) is 37.2 Å². The van der Waals surface area contributed by atoms with Crippen LogP contribution in [-0.2, 0) is 10.2 Å². The molecule has 40 heavy (non-hydrogen) atoms. The minimum Gasteiger partial charge on any atom is -0.387 e. The summed E-state index contributed by atoms with van der Waals surface area (Å²) in [6, 6.07) is 7.66. The van der Waals surface area contributed by atoms with Crippen molar-refractivity contribution in [1.29, 1.82) is 0 Å². The first-order chi connectivity index (χ1) is 19.1. The van der Waals surface area contributed by atoms with E-state index in [1.165, 1.54) is 31.1 Å². The average Bonchev–Trinajstić information content (AvgIpc) is 3.56. The lowest BCUT2D eigenvalue weighted by Crippen LogP contribution is -2.42. The van der Waals surface area contributed by atoms with Gasteiger partial charge in [-0.2, -0.15) is 0 Å². The Morgan fingerprint density at radius 3 is 2.58 bits per heavy atom. The van der Waals surface area contributed by atoms with E-state index < -0.39 is 24.5 Å². The van der Waals surface area contributed by atoms with Crippen LogP contribution in [0.2, 0.25) is 0 Å². The van der Waals surface area contributed by atoms with Gasteiger partial charge in [0.05, 0.1) is 6.33 Å². The number of fused-ring (bicyclic) bond motifs is 1. The largest absolute Gasteiger partial charge is 0.387 e. The van der Waals surface area contributed by atoms with E-state index in [-0.39, 0.29) is 17.3 Å². The van der Waals surface area contributed by atoms with Crippen LogP contribution in [0.3, 0.4) is 0 Å². The molecule has 1 saturated heterocycles. The fourth-order valence-electron chi connectivity index (χ4n) is 5.08. The first-order valence-corrected chi connectivity index (χ1v) is 13.9. The van der Waals surface area contributed by atoms with E-state index in [1.807, 2.05) is 24.3 Å². The highest BCUT2D eigenvalue weighted by Gasteiger charge is 2.45. The molecule has 1 aliphatic carbocycles. The molecule has 1 aliphatic heterocycles. The van der Waals surface area contributed by atoms with Crippen LogP contribution in [0.1, 0.15) is 51.8 Å². The highest BCUT2D eigenvalue weighted by atomic mass is 16.6. The molecule has 0 spiro atoms. The second-order valence-electron chi connectivity index (χ2n) is 11.9. The van der Waals surface area contributed by atoms with Crippen molar-refractivity contribution in [3.05, 3.63) is 42.5 Å². The molecular weight excluding hydrogens is 512 g/mol. The van der Waals surface area contributed by atoms with E-state index >= 15 is 0 Å². The number of nitrogen functional groups attached to an aromatic ring is 1. The Labute approximate surface area is 234 Å². The van der Waals surface area contributed by atoms with E-state index in [0.29, 0.717) is 30.2 Å². The van der Waals surface area contributed by atoms with Gasteiger partial charge in [-0.25, -0.2) is 19.7 Å². The first kappa shape index (κ1) is 28.2. The second kappa shape index (κ2) is 11.7. The lowest BCUT2D eigenvalue weighted by atomic mass is 9.87. The number of hydrogen-bond donors (Lipinski definition) is 5. The topological polar surface area (TPSA) is 164 Å². The summed E-state index contributed by atoms with van der Waals surface area (Å²) in [6.45, 7) is 9.04. The Morgan fingerprint density at radius 2 is 1.88 bits per heavy atom. The van der Waals surface area contributed by atoms with Gasteiger partial charge in [0.25, 0.3) is 0 Å². The number of ether oxygens (including phenoxy) is 1. The summed E-state index contributed by atoms with van der Waals surface area (Å²) in [5, 5.41) is 27.5. The molecule has 5 rings (SSSR count). The summed E-state index contributed by atoms with van der Waals surface area (Å²) in [7, 11) is 0. The number of rotatable bonds is 10. The number of benzene rings is 1. The van der Waals surface area contributed by atoms with E-state index in [1.54, 1.807) is 4.57 Å². The first-order valence-electron chi connectivity index (χ1n) is 13.9. The second-order valence-corrected chi connectivity index (χ2v) is 11.9. The number of anilines is 2. The van der Waals surface area contributed by atoms with Gasteiger partial charge in [-0.3, -0.25) is 4.57 Å². The molecule has 6 N–H and O–H groups in total. The molecule has 0 unspecified atom stereocenters. The van der Waals surface area contributed by atoms with Crippen LogP contribution in [0.25, 0.3) is 11.2 Å². The number of amides is 2. The van der Waals surface area contributed by atoms with Gasteiger partial charge in [0, 0.05) is 25.3 Å². The summed E-state index contributed by atoms with van der Waals surface area (Å²) >= 11 is 0. The minimum atomic E-state index is -1.15. The third-order valence-corrected chi connectivity index (χ3v) is 7.60. The zero-order valence-corrected chi connectivity index (χ0v) is 23.3. The molecule has 0 bridgehead atoms. The van der Waals surface area contributed by atoms with Crippen LogP contribution in [0.4, 0.5) is 16.3 Å². The molecule has 1 aromatic carbocycles. The number of carbonyl (C=O) groups excluding carboxylic acids is 1. The molecule has 12 nitrogen and oxygen atoms in total. The van der Waals surface area contributed by atoms with Gasteiger partial charge >= 0.3 is 6.03 Å². The number of aromatic nitrogens is 4. The van der Waals surface area contributed by atoms with Gasteiger partial charge < -0.3 is 36.2 Å². The quantitative estimate of drug-likeness (QED) is 0.237. The molecule has 2 amide bonds. The normalized spacial score (nSPS) is 23.1. The number of nitrogens with two attached hydrogens (primary N) is 1. The predicted molar refractivity (Wildman–Crippen MR) is 152 cm³/mol. The number of carbonyl (C=O) groups is 1. The molecule has 3 heterocycles. The van der Waals surface area contributed by atoms with Gasteiger partial charge in [-0.1, -0.05) is 32.9 Å². The maximum Gasteiger partial charge on any atom is 0.319 e. The molecule has 1 saturated carbocycles. The molecule has 12 heteroatoms. The van der Waals surface area contributed by atoms with Gasteiger partial charge in [0.2, 0.25) is 0 Å². The zero-order chi connectivity index (χ0) is 28.4. The number of hydrogen-bond acceptors (Lipinski definition) is 9. The SMILES string of the molecule is CC(C)(C)c1ccc(NC(=O)NCCCN(CC2CC2)C[C@H]2O[C@@H](n3cnc4c(N)ncnc43)[C@H](O)[C@@H]2O)cc1. The van der Waals surface area contributed by atoms with Crippen molar-refractivity contribution < 1.29 is 19.7 Å². The zero-order valence-electron chi connectivity index (χ0n) is 23.3. The molecule has 3 aromatic rings. The number of aliphatic hydroxyl groups excluding tert-OH is 2. The Bertz CT molecular complexity index is 1300. The molecular formula is C28H40N8O4. The van der Waals surface area contributed by atoms with Gasteiger partial charge in [0.15, 0.2) is 17.7 Å². The van der Waals surface area contributed by atoms with Gasteiger partial charge in [-0.15, -0.1) is 0 Å². The molecule has 2 aromatic heterocycles. The monoisotopic (exact) mass is 552 g/mol. The maximum absolute atomic E-state index is 12.4. The summed E-state index contributed by atoms with van der Waals surface area (Å²) in [5.41, 5.74) is 8.77.